The minimum Gasteiger partial charge on any atom is -0.323 e. The Balaban J connectivity index is 2.66. The van der Waals surface area contributed by atoms with Gasteiger partial charge in [0.25, 0.3) is 0 Å². The van der Waals surface area contributed by atoms with Crippen LogP contribution in [-0.2, 0) is 14.8 Å². The van der Waals surface area contributed by atoms with Gasteiger partial charge in [0.15, 0.2) is 0 Å². The number of anilines is 2. The standard InChI is InChI=1S/C15H22N2O3S/c1-4-5-10-21(19,20)17-14-8-6-13(7-9-14)16-15(18)11-12(2)3/h6-9,11,17H,4-5,10H2,1-3H3,(H,16,18). The highest BCUT2D eigenvalue weighted by Crippen LogP contribution is 2.15. The van der Waals surface area contributed by atoms with Gasteiger partial charge in [-0.2, -0.15) is 0 Å². The first-order valence-electron chi connectivity index (χ1n) is 6.89. The average molecular weight is 310 g/mol. The van der Waals surface area contributed by atoms with Crippen LogP contribution in [0.2, 0.25) is 0 Å². The van der Waals surface area contributed by atoms with Crippen molar-refractivity contribution in [1.82, 2.24) is 0 Å². The number of carbonyl (C=O) groups excluding carboxylic acids is 1. The van der Waals surface area contributed by atoms with Crippen molar-refractivity contribution in [2.24, 2.45) is 0 Å². The third kappa shape index (κ3) is 6.94. The van der Waals surface area contributed by atoms with Gasteiger partial charge in [-0.1, -0.05) is 18.9 Å². The highest BCUT2D eigenvalue weighted by atomic mass is 32.2. The lowest BCUT2D eigenvalue weighted by molar-refractivity contribution is -0.111. The molecule has 1 amide bonds. The summed E-state index contributed by atoms with van der Waals surface area (Å²) < 4.78 is 26.0. The number of nitrogens with one attached hydrogen (secondary N) is 2. The zero-order valence-corrected chi connectivity index (χ0v) is 13.5. The third-order valence-corrected chi connectivity index (χ3v) is 3.99. The molecule has 2 N–H and O–H groups in total. The fourth-order valence-electron chi connectivity index (χ4n) is 1.63. The van der Waals surface area contributed by atoms with Gasteiger partial charge in [-0.15, -0.1) is 0 Å². The lowest BCUT2D eigenvalue weighted by atomic mass is 10.2. The quantitative estimate of drug-likeness (QED) is 0.760. The minimum atomic E-state index is -3.30. The Morgan fingerprint density at radius 3 is 2.24 bits per heavy atom. The number of hydrogen-bond acceptors (Lipinski definition) is 3. The summed E-state index contributed by atoms with van der Waals surface area (Å²) in [4.78, 5) is 11.6. The predicted octanol–water partition coefficient (Wildman–Crippen LogP) is 3.13. The molecule has 0 aromatic heterocycles. The molecule has 5 nitrogen and oxygen atoms in total. The Bertz CT molecular complexity index is 600. The molecule has 0 bridgehead atoms. The number of hydrogen-bond donors (Lipinski definition) is 2. The van der Waals surface area contributed by atoms with Crippen molar-refractivity contribution in [3.8, 4) is 0 Å². The van der Waals surface area contributed by atoms with Crippen LogP contribution in [0.1, 0.15) is 33.6 Å². The van der Waals surface area contributed by atoms with Crippen LogP contribution in [0.15, 0.2) is 35.9 Å². The van der Waals surface area contributed by atoms with Crippen LogP contribution in [0.25, 0.3) is 0 Å². The first-order chi connectivity index (χ1) is 9.82. The van der Waals surface area contributed by atoms with Crippen LogP contribution < -0.4 is 10.0 Å². The number of amides is 1. The number of sulfonamides is 1. The SMILES string of the molecule is CCCCS(=O)(=O)Nc1ccc(NC(=O)C=C(C)C)cc1. The molecule has 0 spiro atoms. The van der Waals surface area contributed by atoms with E-state index in [0.29, 0.717) is 17.8 Å². The molecule has 1 rings (SSSR count). The summed E-state index contributed by atoms with van der Waals surface area (Å²) in [6, 6.07) is 6.58. The molecule has 0 heterocycles. The topological polar surface area (TPSA) is 75.3 Å². The van der Waals surface area contributed by atoms with Gasteiger partial charge in [-0.25, -0.2) is 8.42 Å². The second-order valence-corrected chi connectivity index (χ2v) is 6.90. The molecule has 0 saturated carbocycles. The number of benzene rings is 1. The van der Waals surface area contributed by atoms with E-state index in [4.69, 9.17) is 0 Å². The number of unbranched alkanes of at least 4 members (excludes halogenated alkanes) is 1. The third-order valence-electron chi connectivity index (χ3n) is 2.61. The van der Waals surface area contributed by atoms with Crippen LogP contribution in [0, 0.1) is 0 Å². The smallest absolute Gasteiger partial charge is 0.248 e. The van der Waals surface area contributed by atoms with E-state index in [-0.39, 0.29) is 11.7 Å². The molecule has 0 aliphatic rings. The maximum atomic E-state index is 11.8. The molecular formula is C15H22N2O3S. The lowest BCUT2D eigenvalue weighted by Gasteiger charge is -2.08. The van der Waals surface area contributed by atoms with Gasteiger partial charge >= 0.3 is 0 Å². The fraction of sp³-hybridized carbons (Fsp3) is 0.400. The normalized spacial score (nSPS) is 10.8. The summed E-state index contributed by atoms with van der Waals surface area (Å²) in [6.45, 7) is 5.63. The highest BCUT2D eigenvalue weighted by Gasteiger charge is 2.09. The molecule has 116 valence electrons. The molecule has 0 radical (unpaired) electrons. The van der Waals surface area contributed by atoms with Gasteiger partial charge in [0.2, 0.25) is 15.9 Å². The second kappa shape index (κ2) is 7.83. The van der Waals surface area contributed by atoms with Crippen LogP contribution in [0.5, 0.6) is 0 Å². The maximum absolute atomic E-state index is 11.8. The van der Waals surface area contributed by atoms with Crippen LogP contribution >= 0.6 is 0 Å². The molecule has 6 heteroatoms. The Labute approximate surface area is 126 Å². The molecule has 0 atom stereocenters. The van der Waals surface area contributed by atoms with Crippen LogP contribution in [0.4, 0.5) is 11.4 Å². The zero-order chi connectivity index (χ0) is 15.9. The number of allylic oxidation sites excluding steroid dienone is 1. The van der Waals surface area contributed by atoms with E-state index in [1.807, 2.05) is 20.8 Å². The summed E-state index contributed by atoms with van der Waals surface area (Å²) in [7, 11) is -3.30. The van der Waals surface area contributed by atoms with E-state index < -0.39 is 10.0 Å². The fourth-order valence-corrected chi connectivity index (χ4v) is 2.89. The van der Waals surface area contributed by atoms with Gasteiger partial charge in [-0.05, 0) is 44.5 Å². The van der Waals surface area contributed by atoms with Crippen molar-refractivity contribution >= 4 is 27.3 Å². The summed E-state index contributed by atoms with van der Waals surface area (Å²) in [5.74, 6) is -0.0889. The Kier molecular flexibility index (Phi) is 6.42. The van der Waals surface area contributed by atoms with E-state index in [1.165, 1.54) is 6.08 Å². The number of carbonyl (C=O) groups is 1. The minimum absolute atomic E-state index is 0.114. The van der Waals surface area contributed by atoms with Gasteiger partial charge < -0.3 is 5.32 Å². The van der Waals surface area contributed by atoms with Crippen LogP contribution in [-0.4, -0.2) is 20.1 Å². The van der Waals surface area contributed by atoms with Crippen molar-refractivity contribution in [3.05, 3.63) is 35.9 Å². The lowest BCUT2D eigenvalue weighted by Crippen LogP contribution is -2.16. The molecule has 21 heavy (non-hydrogen) atoms. The van der Waals surface area contributed by atoms with Crippen molar-refractivity contribution < 1.29 is 13.2 Å². The summed E-state index contributed by atoms with van der Waals surface area (Å²) >= 11 is 0. The van der Waals surface area contributed by atoms with Gasteiger partial charge in [0.1, 0.15) is 0 Å². The van der Waals surface area contributed by atoms with Crippen LogP contribution in [0.3, 0.4) is 0 Å². The summed E-state index contributed by atoms with van der Waals surface area (Å²) in [6.07, 6.45) is 2.96. The van der Waals surface area contributed by atoms with Crippen molar-refractivity contribution in [2.75, 3.05) is 15.8 Å². The van der Waals surface area contributed by atoms with Crippen molar-refractivity contribution in [3.63, 3.8) is 0 Å². The second-order valence-electron chi connectivity index (χ2n) is 5.06. The highest BCUT2D eigenvalue weighted by molar-refractivity contribution is 7.92. The average Bonchev–Trinajstić information content (AvgIpc) is 2.37. The largest absolute Gasteiger partial charge is 0.323 e. The van der Waals surface area contributed by atoms with E-state index in [1.54, 1.807) is 24.3 Å². The molecule has 1 aromatic rings. The predicted molar refractivity (Wildman–Crippen MR) is 86.8 cm³/mol. The van der Waals surface area contributed by atoms with Gasteiger partial charge in [-0.3, -0.25) is 9.52 Å². The van der Waals surface area contributed by atoms with E-state index in [2.05, 4.69) is 10.0 Å². The monoisotopic (exact) mass is 310 g/mol. The molecule has 0 unspecified atom stereocenters. The van der Waals surface area contributed by atoms with E-state index >= 15 is 0 Å². The Hall–Kier alpha value is -1.82. The van der Waals surface area contributed by atoms with E-state index in [0.717, 1.165) is 12.0 Å². The Morgan fingerprint density at radius 1 is 1.14 bits per heavy atom. The molecule has 1 aromatic carbocycles. The summed E-state index contributed by atoms with van der Waals surface area (Å²) in [5.41, 5.74) is 2.02. The van der Waals surface area contributed by atoms with Crippen molar-refractivity contribution in [1.29, 1.82) is 0 Å². The van der Waals surface area contributed by atoms with Gasteiger partial charge in [0.05, 0.1) is 5.75 Å². The first kappa shape index (κ1) is 17.2. The number of rotatable bonds is 7. The van der Waals surface area contributed by atoms with E-state index in [9.17, 15) is 13.2 Å². The van der Waals surface area contributed by atoms with Gasteiger partial charge in [0, 0.05) is 17.5 Å². The first-order valence-corrected chi connectivity index (χ1v) is 8.54. The summed E-state index contributed by atoms with van der Waals surface area (Å²) in [5, 5.41) is 2.71. The zero-order valence-electron chi connectivity index (χ0n) is 12.6. The molecule has 0 fully saturated rings. The van der Waals surface area contributed by atoms with Crippen molar-refractivity contribution in [2.45, 2.75) is 33.6 Å². The Morgan fingerprint density at radius 2 is 1.71 bits per heavy atom. The molecular weight excluding hydrogens is 288 g/mol. The molecule has 0 aliphatic carbocycles. The molecule has 0 aliphatic heterocycles. The molecule has 0 saturated heterocycles. The maximum Gasteiger partial charge on any atom is 0.248 e.